The number of pyridine rings is 1. The summed E-state index contributed by atoms with van der Waals surface area (Å²) in [5, 5.41) is 3.11. The van der Waals surface area contributed by atoms with Crippen molar-refractivity contribution in [2.24, 2.45) is 0 Å². The molecule has 0 bridgehead atoms. The van der Waals surface area contributed by atoms with E-state index in [1.807, 2.05) is 35.2 Å². The van der Waals surface area contributed by atoms with Gasteiger partial charge in [-0.05, 0) is 17.7 Å². The van der Waals surface area contributed by atoms with Crippen LogP contribution in [0, 0.1) is 5.95 Å². The smallest absolute Gasteiger partial charge is 0.225 e. The van der Waals surface area contributed by atoms with Crippen molar-refractivity contribution in [1.29, 1.82) is 0 Å². The molecule has 0 unspecified atom stereocenters. The number of likely N-dealkylation sites (tertiary alicyclic amines) is 1. The van der Waals surface area contributed by atoms with Gasteiger partial charge in [0.2, 0.25) is 11.9 Å². The van der Waals surface area contributed by atoms with E-state index in [1.165, 1.54) is 6.07 Å². The number of rotatable bonds is 4. The summed E-state index contributed by atoms with van der Waals surface area (Å²) in [6, 6.07) is 14.4. The summed E-state index contributed by atoms with van der Waals surface area (Å²) in [5.74, 6) is 0.0487. The molecule has 0 saturated carbocycles. The van der Waals surface area contributed by atoms with Gasteiger partial charge in [0.15, 0.2) is 0 Å². The van der Waals surface area contributed by atoms with Gasteiger partial charge in [0.05, 0.1) is 6.04 Å². The minimum Gasteiger partial charge on any atom is -0.365 e. The molecule has 0 radical (unpaired) electrons. The highest BCUT2D eigenvalue weighted by atomic mass is 19.1. The molecule has 1 aliphatic heterocycles. The normalized spacial score (nSPS) is 18.0. The maximum Gasteiger partial charge on any atom is 0.225 e. The average Bonchev–Trinajstić information content (AvgIpc) is 2.80. The maximum atomic E-state index is 13.1. The molecule has 3 rings (SSSR count). The van der Waals surface area contributed by atoms with E-state index < -0.39 is 5.95 Å². The lowest BCUT2D eigenvalue weighted by atomic mass is 10.2. The number of halogens is 1. The number of nitrogens with zero attached hydrogens (tertiary/aromatic N) is 2. The van der Waals surface area contributed by atoms with Gasteiger partial charge in [-0.2, -0.15) is 4.39 Å². The van der Waals surface area contributed by atoms with Crippen LogP contribution in [0.15, 0.2) is 48.5 Å². The number of benzene rings is 1. The Kier molecular flexibility index (Phi) is 3.81. The predicted molar refractivity (Wildman–Crippen MR) is 78.1 cm³/mol. The Morgan fingerprint density at radius 2 is 2.00 bits per heavy atom. The fourth-order valence-electron chi connectivity index (χ4n) is 2.52. The Morgan fingerprint density at radius 3 is 2.76 bits per heavy atom. The Hall–Kier alpha value is -2.43. The number of aromatic nitrogens is 1. The highest BCUT2D eigenvalue weighted by Crippen LogP contribution is 2.18. The summed E-state index contributed by atoms with van der Waals surface area (Å²) in [6.45, 7) is 1.21. The summed E-state index contributed by atoms with van der Waals surface area (Å²) in [4.78, 5) is 17.6. The van der Waals surface area contributed by atoms with E-state index in [1.54, 1.807) is 12.1 Å². The summed E-state index contributed by atoms with van der Waals surface area (Å²) >= 11 is 0. The number of anilines is 1. The molecule has 1 amide bonds. The van der Waals surface area contributed by atoms with Gasteiger partial charge < -0.3 is 10.2 Å². The highest BCUT2D eigenvalue weighted by Gasteiger charge is 2.29. The quantitative estimate of drug-likeness (QED) is 0.878. The third kappa shape index (κ3) is 3.37. The van der Waals surface area contributed by atoms with Gasteiger partial charge in [-0.3, -0.25) is 4.79 Å². The molecule has 1 saturated heterocycles. The van der Waals surface area contributed by atoms with Crippen LogP contribution in [0.5, 0.6) is 0 Å². The zero-order chi connectivity index (χ0) is 14.7. The number of hydrogen-bond acceptors (Lipinski definition) is 3. The van der Waals surface area contributed by atoms with Gasteiger partial charge >= 0.3 is 0 Å². The van der Waals surface area contributed by atoms with Crippen molar-refractivity contribution < 1.29 is 9.18 Å². The first-order valence-electron chi connectivity index (χ1n) is 6.91. The molecule has 1 N–H and O–H groups in total. The molecule has 5 heteroatoms. The van der Waals surface area contributed by atoms with E-state index in [9.17, 15) is 9.18 Å². The van der Waals surface area contributed by atoms with Crippen molar-refractivity contribution in [3.63, 3.8) is 0 Å². The third-order valence-electron chi connectivity index (χ3n) is 3.50. The molecule has 2 aromatic rings. The lowest BCUT2D eigenvalue weighted by Crippen LogP contribution is -2.27. The molecule has 1 aromatic heterocycles. The molecular formula is C16H16FN3O. The van der Waals surface area contributed by atoms with Crippen LogP contribution in [0.2, 0.25) is 0 Å². The van der Waals surface area contributed by atoms with Crippen LogP contribution in [-0.2, 0) is 11.3 Å². The molecule has 1 atom stereocenters. The molecule has 0 aliphatic carbocycles. The van der Waals surface area contributed by atoms with Crippen molar-refractivity contribution in [2.75, 3.05) is 11.9 Å². The van der Waals surface area contributed by atoms with Crippen LogP contribution in [0.25, 0.3) is 0 Å². The zero-order valence-electron chi connectivity index (χ0n) is 11.5. The number of nitrogens with one attached hydrogen (secondary N) is 1. The van der Waals surface area contributed by atoms with E-state index in [0.717, 1.165) is 5.56 Å². The van der Waals surface area contributed by atoms with Crippen molar-refractivity contribution in [3.8, 4) is 0 Å². The van der Waals surface area contributed by atoms with Crippen molar-refractivity contribution in [3.05, 3.63) is 60.0 Å². The van der Waals surface area contributed by atoms with Gasteiger partial charge in [0, 0.05) is 19.5 Å². The number of carbonyl (C=O) groups is 1. The molecule has 1 aliphatic rings. The number of hydrogen-bond donors (Lipinski definition) is 1. The molecule has 1 fully saturated rings. The topological polar surface area (TPSA) is 45.2 Å². The monoisotopic (exact) mass is 285 g/mol. The van der Waals surface area contributed by atoms with Crippen molar-refractivity contribution in [1.82, 2.24) is 9.88 Å². The Bertz CT molecular complexity index is 632. The predicted octanol–water partition coefficient (Wildman–Crippen LogP) is 2.43. The largest absolute Gasteiger partial charge is 0.365 e. The number of amides is 1. The molecule has 4 nitrogen and oxygen atoms in total. The van der Waals surface area contributed by atoms with Crippen molar-refractivity contribution in [2.45, 2.75) is 19.0 Å². The summed E-state index contributed by atoms with van der Waals surface area (Å²) in [7, 11) is 0. The first-order chi connectivity index (χ1) is 10.2. The van der Waals surface area contributed by atoms with Crippen LogP contribution in [-0.4, -0.2) is 28.4 Å². The van der Waals surface area contributed by atoms with Gasteiger partial charge in [0.1, 0.15) is 5.82 Å². The van der Waals surface area contributed by atoms with Crippen LogP contribution >= 0.6 is 0 Å². The lowest BCUT2D eigenvalue weighted by molar-refractivity contribution is -0.128. The zero-order valence-corrected chi connectivity index (χ0v) is 11.5. The SMILES string of the molecule is O=C1C[C@H](Nc2cccc(F)n2)CN1Cc1ccccc1. The summed E-state index contributed by atoms with van der Waals surface area (Å²) in [6.07, 6.45) is 0.408. The van der Waals surface area contributed by atoms with E-state index in [2.05, 4.69) is 10.3 Å². The van der Waals surface area contributed by atoms with Gasteiger partial charge in [-0.1, -0.05) is 36.4 Å². The van der Waals surface area contributed by atoms with Crippen molar-refractivity contribution >= 4 is 11.7 Å². The minimum atomic E-state index is -0.523. The molecule has 108 valence electrons. The Labute approximate surface area is 122 Å². The molecule has 2 heterocycles. The van der Waals surface area contributed by atoms with Gasteiger partial charge in [-0.25, -0.2) is 4.98 Å². The fraction of sp³-hybridized carbons (Fsp3) is 0.250. The molecule has 0 spiro atoms. The Morgan fingerprint density at radius 1 is 1.19 bits per heavy atom. The second kappa shape index (κ2) is 5.91. The van der Waals surface area contributed by atoms with E-state index in [0.29, 0.717) is 25.3 Å². The Balaban J connectivity index is 1.62. The van der Waals surface area contributed by atoms with Crippen LogP contribution in [0.3, 0.4) is 0 Å². The highest BCUT2D eigenvalue weighted by molar-refractivity contribution is 5.80. The summed E-state index contributed by atoms with van der Waals surface area (Å²) in [5.41, 5.74) is 1.11. The van der Waals surface area contributed by atoms with E-state index >= 15 is 0 Å². The lowest BCUT2D eigenvalue weighted by Gasteiger charge is -2.17. The molecule has 21 heavy (non-hydrogen) atoms. The van der Waals surface area contributed by atoms with Gasteiger partial charge in [-0.15, -0.1) is 0 Å². The van der Waals surface area contributed by atoms with E-state index in [-0.39, 0.29) is 11.9 Å². The first-order valence-corrected chi connectivity index (χ1v) is 6.91. The van der Waals surface area contributed by atoms with Crippen LogP contribution in [0.4, 0.5) is 10.2 Å². The van der Waals surface area contributed by atoms with E-state index in [4.69, 9.17) is 0 Å². The standard InChI is InChI=1S/C16H16FN3O/c17-14-7-4-8-15(19-14)18-13-9-16(21)20(11-13)10-12-5-2-1-3-6-12/h1-8,13H,9-11H2,(H,18,19)/t13-/m0/s1. The van der Waals surface area contributed by atoms with Gasteiger partial charge in [0.25, 0.3) is 0 Å². The average molecular weight is 285 g/mol. The third-order valence-corrected chi connectivity index (χ3v) is 3.50. The second-order valence-electron chi connectivity index (χ2n) is 5.15. The van der Waals surface area contributed by atoms with Crippen LogP contribution in [0.1, 0.15) is 12.0 Å². The second-order valence-corrected chi connectivity index (χ2v) is 5.15. The summed E-state index contributed by atoms with van der Waals surface area (Å²) < 4.78 is 13.1. The minimum absolute atomic E-state index is 0.0319. The number of carbonyl (C=O) groups excluding carboxylic acids is 1. The molecule has 1 aromatic carbocycles. The molecular weight excluding hydrogens is 269 g/mol. The fourth-order valence-corrected chi connectivity index (χ4v) is 2.52. The van der Waals surface area contributed by atoms with Crippen LogP contribution < -0.4 is 5.32 Å². The maximum absolute atomic E-state index is 13.1. The first kappa shape index (κ1) is 13.5.